The minimum absolute atomic E-state index is 0.130. The van der Waals surface area contributed by atoms with Crippen LogP contribution in [0.3, 0.4) is 0 Å². The molecule has 0 fully saturated rings. The highest BCUT2D eigenvalue weighted by molar-refractivity contribution is 7.99. The number of hydrogen-bond donors (Lipinski definition) is 0. The molecule has 0 aliphatic heterocycles. The van der Waals surface area contributed by atoms with Crippen molar-refractivity contribution >= 4 is 29.1 Å². The molecule has 0 aliphatic rings. The van der Waals surface area contributed by atoms with Crippen molar-refractivity contribution in [3.05, 3.63) is 53.2 Å². The highest BCUT2D eigenvalue weighted by Gasteiger charge is 2.11. The average molecular weight is 278 g/mol. The molecule has 2 nitrogen and oxygen atoms in total. The third-order valence-corrected chi connectivity index (χ3v) is 3.95. The second kappa shape index (κ2) is 6.03. The highest BCUT2D eigenvalue weighted by Crippen LogP contribution is 2.33. The fourth-order valence-electron chi connectivity index (χ4n) is 1.53. The molecule has 0 radical (unpaired) electrons. The summed E-state index contributed by atoms with van der Waals surface area (Å²) in [5.74, 6) is 0.130. The van der Waals surface area contributed by atoms with E-state index in [9.17, 15) is 4.79 Å². The molecule has 1 aromatic heterocycles. The van der Waals surface area contributed by atoms with Crippen LogP contribution in [0.25, 0.3) is 0 Å². The van der Waals surface area contributed by atoms with Gasteiger partial charge in [0, 0.05) is 23.1 Å². The fourth-order valence-corrected chi connectivity index (χ4v) is 2.69. The van der Waals surface area contributed by atoms with Crippen molar-refractivity contribution in [3.8, 4) is 0 Å². The maximum absolute atomic E-state index is 11.8. The number of benzene rings is 1. The number of ketones is 1. The molecule has 0 bridgehead atoms. The van der Waals surface area contributed by atoms with Crippen LogP contribution in [0.2, 0.25) is 5.02 Å². The minimum atomic E-state index is 0.130. The highest BCUT2D eigenvalue weighted by atomic mass is 35.5. The molecule has 0 saturated heterocycles. The summed E-state index contributed by atoms with van der Waals surface area (Å²) in [6, 6.07) is 11.1. The number of Topliss-reactive ketones (excluding diaryl/α,β-unsaturated/α-hetero) is 1. The molecule has 4 heteroatoms. The van der Waals surface area contributed by atoms with Crippen LogP contribution in [0.5, 0.6) is 0 Å². The zero-order valence-electron chi connectivity index (χ0n) is 9.89. The third-order valence-electron chi connectivity index (χ3n) is 2.44. The number of nitrogens with zero attached hydrogens (tertiary/aromatic N) is 1. The lowest BCUT2D eigenvalue weighted by atomic mass is 10.1. The molecule has 0 spiro atoms. The van der Waals surface area contributed by atoms with Gasteiger partial charge in [-0.1, -0.05) is 48.5 Å². The Morgan fingerprint density at radius 1 is 1.28 bits per heavy atom. The molecule has 0 N–H and O–H groups in total. The Morgan fingerprint density at radius 2 is 2.06 bits per heavy atom. The zero-order valence-corrected chi connectivity index (χ0v) is 11.5. The van der Waals surface area contributed by atoms with E-state index in [1.54, 1.807) is 18.3 Å². The normalized spacial score (nSPS) is 10.3. The van der Waals surface area contributed by atoms with Crippen LogP contribution >= 0.6 is 23.4 Å². The molecule has 0 amide bonds. The van der Waals surface area contributed by atoms with Gasteiger partial charge in [-0.05, 0) is 18.2 Å². The van der Waals surface area contributed by atoms with E-state index < -0.39 is 0 Å². The van der Waals surface area contributed by atoms with E-state index in [4.69, 9.17) is 11.6 Å². The first-order valence-corrected chi connectivity index (χ1v) is 6.82. The van der Waals surface area contributed by atoms with Gasteiger partial charge in [-0.15, -0.1) is 0 Å². The SMILES string of the molecule is CCC(=O)c1ccccc1Sc1ncccc1Cl. The summed E-state index contributed by atoms with van der Waals surface area (Å²) in [7, 11) is 0. The van der Waals surface area contributed by atoms with Gasteiger partial charge in [0.25, 0.3) is 0 Å². The predicted molar refractivity (Wildman–Crippen MR) is 74.4 cm³/mol. The number of carbonyl (C=O) groups excluding carboxylic acids is 1. The first-order chi connectivity index (χ1) is 8.72. The van der Waals surface area contributed by atoms with Gasteiger partial charge in [0.1, 0.15) is 5.03 Å². The smallest absolute Gasteiger partial charge is 0.163 e. The third kappa shape index (κ3) is 2.92. The second-order valence-electron chi connectivity index (χ2n) is 3.67. The van der Waals surface area contributed by atoms with Crippen molar-refractivity contribution in [2.45, 2.75) is 23.3 Å². The van der Waals surface area contributed by atoms with Gasteiger partial charge in [0.05, 0.1) is 5.02 Å². The van der Waals surface area contributed by atoms with E-state index in [0.717, 1.165) is 15.5 Å². The van der Waals surface area contributed by atoms with Crippen molar-refractivity contribution in [3.63, 3.8) is 0 Å². The maximum atomic E-state index is 11.8. The monoisotopic (exact) mass is 277 g/mol. The van der Waals surface area contributed by atoms with Gasteiger partial charge in [0.15, 0.2) is 5.78 Å². The zero-order chi connectivity index (χ0) is 13.0. The standard InChI is InChI=1S/C14H12ClNOS/c1-2-12(17)10-6-3-4-8-13(10)18-14-11(15)7-5-9-16-14/h3-9H,2H2,1H3. The summed E-state index contributed by atoms with van der Waals surface area (Å²) >= 11 is 7.49. The first kappa shape index (κ1) is 13.1. The molecule has 0 saturated carbocycles. The maximum Gasteiger partial charge on any atom is 0.163 e. The van der Waals surface area contributed by atoms with Crippen LogP contribution in [0.4, 0.5) is 0 Å². The first-order valence-electron chi connectivity index (χ1n) is 5.63. The van der Waals surface area contributed by atoms with Gasteiger partial charge < -0.3 is 0 Å². The predicted octanol–water partition coefficient (Wildman–Crippen LogP) is 4.48. The number of hydrogen-bond acceptors (Lipinski definition) is 3. The van der Waals surface area contributed by atoms with E-state index in [1.165, 1.54) is 11.8 Å². The van der Waals surface area contributed by atoms with Crippen LogP contribution in [-0.2, 0) is 0 Å². The van der Waals surface area contributed by atoms with Crippen molar-refractivity contribution < 1.29 is 4.79 Å². The van der Waals surface area contributed by atoms with Crippen molar-refractivity contribution in [2.75, 3.05) is 0 Å². The summed E-state index contributed by atoms with van der Waals surface area (Å²) in [4.78, 5) is 17.0. The number of pyridine rings is 1. The number of carbonyl (C=O) groups is 1. The Morgan fingerprint density at radius 3 is 2.78 bits per heavy atom. The Labute approximate surface area is 115 Å². The van der Waals surface area contributed by atoms with Crippen LogP contribution in [-0.4, -0.2) is 10.8 Å². The largest absolute Gasteiger partial charge is 0.294 e. The Balaban J connectivity index is 2.35. The molecule has 18 heavy (non-hydrogen) atoms. The summed E-state index contributed by atoms with van der Waals surface area (Å²) in [5.41, 5.74) is 0.728. The van der Waals surface area contributed by atoms with E-state index in [0.29, 0.717) is 11.4 Å². The number of rotatable bonds is 4. The van der Waals surface area contributed by atoms with Gasteiger partial charge >= 0.3 is 0 Å². The van der Waals surface area contributed by atoms with Crippen molar-refractivity contribution in [1.29, 1.82) is 0 Å². The second-order valence-corrected chi connectivity index (χ2v) is 5.10. The molecular weight excluding hydrogens is 266 g/mol. The van der Waals surface area contributed by atoms with E-state index in [-0.39, 0.29) is 5.78 Å². The Hall–Kier alpha value is -1.32. The molecule has 2 rings (SSSR count). The lowest BCUT2D eigenvalue weighted by Crippen LogP contribution is -1.98. The van der Waals surface area contributed by atoms with Crippen LogP contribution in [0.1, 0.15) is 23.7 Å². The molecule has 0 aliphatic carbocycles. The molecule has 0 unspecified atom stereocenters. The van der Waals surface area contributed by atoms with Crippen LogP contribution in [0, 0.1) is 0 Å². The lowest BCUT2D eigenvalue weighted by Gasteiger charge is -2.07. The summed E-state index contributed by atoms with van der Waals surface area (Å²) in [6.45, 7) is 1.86. The lowest BCUT2D eigenvalue weighted by molar-refractivity contribution is 0.0985. The molecule has 1 aromatic carbocycles. The van der Waals surface area contributed by atoms with Crippen molar-refractivity contribution in [2.24, 2.45) is 0 Å². The molecular formula is C14H12ClNOS. The van der Waals surface area contributed by atoms with Gasteiger partial charge in [-0.25, -0.2) is 4.98 Å². The molecule has 2 aromatic rings. The average Bonchev–Trinajstić information content (AvgIpc) is 2.41. The number of aromatic nitrogens is 1. The van der Waals surface area contributed by atoms with Gasteiger partial charge in [-0.3, -0.25) is 4.79 Å². The van der Waals surface area contributed by atoms with E-state index in [2.05, 4.69) is 4.98 Å². The van der Waals surface area contributed by atoms with Crippen LogP contribution in [0.15, 0.2) is 52.5 Å². The Kier molecular flexibility index (Phi) is 4.39. The molecule has 92 valence electrons. The quantitative estimate of drug-likeness (QED) is 0.772. The minimum Gasteiger partial charge on any atom is -0.294 e. The van der Waals surface area contributed by atoms with Gasteiger partial charge in [-0.2, -0.15) is 0 Å². The Bertz CT molecular complexity index is 571. The van der Waals surface area contributed by atoms with Crippen LogP contribution < -0.4 is 0 Å². The summed E-state index contributed by atoms with van der Waals surface area (Å²) < 4.78 is 0. The fraction of sp³-hybridized carbons (Fsp3) is 0.143. The topological polar surface area (TPSA) is 30.0 Å². The van der Waals surface area contributed by atoms with Gasteiger partial charge in [0.2, 0.25) is 0 Å². The summed E-state index contributed by atoms with van der Waals surface area (Å²) in [5, 5.41) is 1.32. The van der Waals surface area contributed by atoms with E-state index in [1.807, 2.05) is 31.2 Å². The van der Waals surface area contributed by atoms with Crippen molar-refractivity contribution in [1.82, 2.24) is 4.98 Å². The molecule has 0 atom stereocenters. The molecule has 1 heterocycles. The summed E-state index contributed by atoms with van der Waals surface area (Å²) in [6.07, 6.45) is 2.19. The number of halogens is 1. The van der Waals surface area contributed by atoms with E-state index >= 15 is 0 Å².